The van der Waals surface area contributed by atoms with E-state index in [-0.39, 0.29) is 11.9 Å². The van der Waals surface area contributed by atoms with Crippen molar-refractivity contribution in [2.45, 2.75) is 46.1 Å². The first kappa shape index (κ1) is 16.1. The summed E-state index contributed by atoms with van der Waals surface area (Å²) in [6, 6.07) is 8.50. The maximum atomic E-state index is 11.9. The summed E-state index contributed by atoms with van der Waals surface area (Å²) in [6.07, 6.45) is 1.90. The molecule has 6 heteroatoms. The van der Waals surface area contributed by atoms with Gasteiger partial charge in [-0.3, -0.25) is 4.79 Å². The van der Waals surface area contributed by atoms with Crippen molar-refractivity contribution >= 4 is 5.91 Å². The lowest BCUT2D eigenvalue weighted by atomic mass is 10.1. The van der Waals surface area contributed by atoms with Gasteiger partial charge >= 0.3 is 0 Å². The number of aromatic nitrogens is 4. The molecule has 0 aliphatic carbocycles. The molecule has 0 atom stereocenters. The minimum absolute atomic E-state index is 0.0594. The molecule has 1 N–H and O–H groups in total. The quantitative estimate of drug-likeness (QED) is 0.847. The Balaban J connectivity index is 1.71. The van der Waals surface area contributed by atoms with E-state index >= 15 is 0 Å². The number of carbonyl (C=O) groups excluding carboxylic acids is 1. The molecular formula is C16H23N5O. The molecule has 0 fully saturated rings. The van der Waals surface area contributed by atoms with E-state index in [1.807, 2.05) is 13.8 Å². The smallest absolute Gasteiger partial charge is 0.220 e. The summed E-state index contributed by atoms with van der Waals surface area (Å²) < 4.78 is 1.78. The van der Waals surface area contributed by atoms with E-state index in [0.717, 1.165) is 12.2 Å². The van der Waals surface area contributed by atoms with Gasteiger partial charge in [-0.1, -0.05) is 29.8 Å². The van der Waals surface area contributed by atoms with Crippen LogP contribution in [0.3, 0.4) is 0 Å². The molecule has 0 spiro atoms. The zero-order valence-electron chi connectivity index (χ0n) is 13.4. The van der Waals surface area contributed by atoms with E-state index in [1.165, 1.54) is 11.1 Å². The molecule has 0 saturated carbocycles. The van der Waals surface area contributed by atoms with Crippen LogP contribution in [-0.4, -0.2) is 32.7 Å². The molecule has 6 nitrogen and oxygen atoms in total. The Morgan fingerprint density at radius 3 is 2.64 bits per heavy atom. The van der Waals surface area contributed by atoms with Gasteiger partial charge in [0.1, 0.15) is 0 Å². The van der Waals surface area contributed by atoms with E-state index < -0.39 is 0 Å². The van der Waals surface area contributed by atoms with Crippen LogP contribution in [0.4, 0.5) is 0 Å². The number of benzene rings is 1. The van der Waals surface area contributed by atoms with Crippen molar-refractivity contribution in [3.8, 4) is 0 Å². The number of tetrazole rings is 1. The Kier molecular flexibility index (Phi) is 5.63. The Morgan fingerprint density at radius 1 is 1.23 bits per heavy atom. The summed E-state index contributed by atoms with van der Waals surface area (Å²) in [5, 5.41) is 14.5. The topological polar surface area (TPSA) is 72.7 Å². The highest BCUT2D eigenvalue weighted by Crippen LogP contribution is 2.06. The second-order valence-corrected chi connectivity index (χ2v) is 5.72. The molecule has 0 radical (unpaired) electrons. The predicted molar refractivity (Wildman–Crippen MR) is 84.4 cm³/mol. The Hall–Kier alpha value is -2.24. The fourth-order valence-electron chi connectivity index (χ4n) is 2.19. The number of aryl methyl sites for hydroxylation is 2. The molecule has 1 heterocycles. The van der Waals surface area contributed by atoms with Crippen LogP contribution in [-0.2, 0) is 17.6 Å². The van der Waals surface area contributed by atoms with Crippen molar-refractivity contribution in [2.24, 2.45) is 0 Å². The number of carbonyl (C=O) groups is 1. The van der Waals surface area contributed by atoms with Gasteiger partial charge in [0.15, 0.2) is 5.82 Å². The summed E-state index contributed by atoms with van der Waals surface area (Å²) >= 11 is 0. The molecule has 22 heavy (non-hydrogen) atoms. The van der Waals surface area contributed by atoms with Gasteiger partial charge in [-0.2, -0.15) is 0 Å². The monoisotopic (exact) mass is 301 g/mol. The van der Waals surface area contributed by atoms with Gasteiger partial charge in [0.2, 0.25) is 5.91 Å². The third-order valence-electron chi connectivity index (χ3n) is 3.48. The van der Waals surface area contributed by atoms with E-state index in [2.05, 4.69) is 52.0 Å². The first-order valence-corrected chi connectivity index (χ1v) is 7.65. The zero-order chi connectivity index (χ0) is 15.9. The van der Waals surface area contributed by atoms with Gasteiger partial charge in [0, 0.05) is 19.4 Å². The molecule has 2 rings (SSSR count). The minimum Gasteiger partial charge on any atom is -0.356 e. The highest BCUT2D eigenvalue weighted by atomic mass is 16.1. The number of hydrogen-bond acceptors (Lipinski definition) is 4. The SMILES string of the molecule is Cc1ccc(CCC(=O)NCCc2nnnn2C(C)C)cc1. The van der Waals surface area contributed by atoms with Crippen LogP contribution in [0.2, 0.25) is 0 Å². The fourth-order valence-corrected chi connectivity index (χ4v) is 2.19. The Bertz CT molecular complexity index is 603. The van der Waals surface area contributed by atoms with Crippen molar-refractivity contribution in [3.05, 3.63) is 41.2 Å². The fraction of sp³-hybridized carbons (Fsp3) is 0.500. The second kappa shape index (κ2) is 7.68. The van der Waals surface area contributed by atoms with Gasteiger partial charge in [-0.15, -0.1) is 5.10 Å². The zero-order valence-corrected chi connectivity index (χ0v) is 13.4. The first-order chi connectivity index (χ1) is 10.6. The molecule has 1 aromatic carbocycles. The molecule has 0 saturated heterocycles. The van der Waals surface area contributed by atoms with Gasteiger partial charge in [-0.25, -0.2) is 4.68 Å². The van der Waals surface area contributed by atoms with E-state index in [0.29, 0.717) is 19.4 Å². The molecule has 0 unspecified atom stereocenters. The number of amides is 1. The predicted octanol–water partition coefficient (Wildman–Crippen LogP) is 1.85. The second-order valence-electron chi connectivity index (χ2n) is 5.72. The van der Waals surface area contributed by atoms with Crippen molar-refractivity contribution in [1.29, 1.82) is 0 Å². The molecule has 1 aromatic heterocycles. The molecule has 118 valence electrons. The number of hydrogen-bond donors (Lipinski definition) is 1. The van der Waals surface area contributed by atoms with Gasteiger partial charge in [-0.05, 0) is 43.2 Å². The summed E-state index contributed by atoms with van der Waals surface area (Å²) in [5.41, 5.74) is 2.42. The van der Waals surface area contributed by atoms with Crippen molar-refractivity contribution in [1.82, 2.24) is 25.5 Å². The molecule has 2 aromatic rings. The highest BCUT2D eigenvalue weighted by Gasteiger charge is 2.09. The van der Waals surface area contributed by atoms with Crippen LogP contribution in [0.25, 0.3) is 0 Å². The minimum atomic E-state index is 0.0594. The van der Waals surface area contributed by atoms with E-state index in [9.17, 15) is 4.79 Å². The normalized spacial score (nSPS) is 10.9. The lowest BCUT2D eigenvalue weighted by molar-refractivity contribution is -0.121. The largest absolute Gasteiger partial charge is 0.356 e. The maximum Gasteiger partial charge on any atom is 0.220 e. The van der Waals surface area contributed by atoms with Crippen molar-refractivity contribution in [3.63, 3.8) is 0 Å². The van der Waals surface area contributed by atoms with Crippen LogP contribution < -0.4 is 5.32 Å². The molecule has 0 aliphatic rings. The summed E-state index contributed by atoms with van der Waals surface area (Å²) in [5.74, 6) is 0.859. The van der Waals surface area contributed by atoms with Crippen LogP contribution in [0, 0.1) is 6.92 Å². The third kappa shape index (κ3) is 4.65. The van der Waals surface area contributed by atoms with Crippen LogP contribution in [0.15, 0.2) is 24.3 Å². The molecule has 1 amide bonds. The van der Waals surface area contributed by atoms with Crippen LogP contribution >= 0.6 is 0 Å². The van der Waals surface area contributed by atoms with Crippen molar-refractivity contribution in [2.75, 3.05) is 6.54 Å². The van der Waals surface area contributed by atoms with Crippen LogP contribution in [0.1, 0.15) is 43.3 Å². The molecular weight excluding hydrogens is 278 g/mol. The van der Waals surface area contributed by atoms with Gasteiger partial charge in [0.05, 0.1) is 6.04 Å². The average molecular weight is 301 g/mol. The summed E-state index contributed by atoms with van der Waals surface area (Å²) in [6.45, 7) is 6.67. The molecule has 0 bridgehead atoms. The average Bonchev–Trinajstić information content (AvgIpc) is 2.95. The number of nitrogens with one attached hydrogen (secondary N) is 1. The highest BCUT2D eigenvalue weighted by molar-refractivity contribution is 5.76. The number of rotatable bonds is 7. The lowest BCUT2D eigenvalue weighted by Gasteiger charge is -2.08. The number of nitrogens with zero attached hydrogens (tertiary/aromatic N) is 4. The first-order valence-electron chi connectivity index (χ1n) is 7.65. The van der Waals surface area contributed by atoms with Crippen LogP contribution in [0.5, 0.6) is 0 Å². The molecule has 0 aliphatic heterocycles. The Labute approximate surface area is 130 Å². The standard InChI is InChI=1S/C16H23N5O/c1-12(2)21-15(18-19-20-21)10-11-17-16(22)9-8-14-6-4-13(3)5-7-14/h4-7,12H,8-11H2,1-3H3,(H,17,22). The Morgan fingerprint density at radius 2 is 1.95 bits per heavy atom. The van der Waals surface area contributed by atoms with E-state index in [1.54, 1.807) is 4.68 Å². The van der Waals surface area contributed by atoms with Gasteiger partial charge in [0.25, 0.3) is 0 Å². The third-order valence-corrected chi connectivity index (χ3v) is 3.48. The summed E-state index contributed by atoms with van der Waals surface area (Å²) in [4.78, 5) is 11.9. The maximum absolute atomic E-state index is 11.9. The summed E-state index contributed by atoms with van der Waals surface area (Å²) in [7, 11) is 0. The van der Waals surface area contributed by atoms with Gasteiger partial charge < -0.3 is 5.32 Å². The lowest BCUT2D eigenvalue weighted by Crippen LogP contribution is -2.27. The van der Waals surface area contributed by atoms with Crippen molar-refractivity contribution < 1.29 is 4.79 Å². The van der Waals surface area contributed by atoms with E-state index in [4.69, 9.17) is 0 Å².